The van der Waals surface area contributed by atoms with E-state index in [1.165, 1.54) is 0 Å². The zero-order valence-electron chi connectivity index (χ0n) is 16.5. The summed E-state index contributed by atoms with van der Waals surface area (Å²) in [6.07, 6.45) is 1.96. The summed E-state index contributed by atoms with van der Waals surface area (Å²) in [6.45, 7) is 2.77. The molecule has 0 spiro atoms. The van der Waals surface area contributed by atoms with E-state index in [1.807, 2.05) is 88.4 Å². The van der Waals surface area contributed by atoms with E-state index < -0.39 is 0 Å². The number of anilines is 2. The number of benzene rings is 2. The maximum atomic E-state index is 12.5. The van der Waals surface area contributed by atoms with Gasteiger partial charge in [-0.15, -0.1) is 5.10 Å². The van der Waals surface area contributed by atoms with Gasteiger partial charge in [-0.05, 0) is 24.3 Å². The van der Waals surface area contributed by atoms with Gasteiger partial charge in [-0.2, -0.15) is 0 Å². The molecule has 1 fully saturated rings. The standard InChI is InChI=1S/C23H22N6O/c30-23(24-19-9-5-2-6-10-19)28-15-13-27(14-16-28)22-12-11-21-25-20(17-29(21)26-22)18-7-3-1-4-8-18/h1-12,17H,13-16H2,(H,24,30). The fourth-order valence-electron chi connectivity index (χ4n) is 3.65. The molecule has 2 amide bonds. The van der Waals surface area contributed by atoms with Gasteiger partial charge in [0.05, 0.1) is 11.9 Å². The Balaban J connectivity index is 1.26. The van der Waals surface area contributed by atoms with Crippen molar-refractivity contribution in [1.82, 2.24) is 19.5 Å². The smallest absolute Gasteiger partial charge is 0.321 e. The van der Waals surface area contributed by atoms with Gasteiger partial charge in [0, 0.05) is 37.4 Å². The minimum atomic E-state index is -0.0635. The third-order valence-electron chi connectivity index (χ3n) is 5.29. The molecule has 7 nitrogen and oxygen atoms in total. The average molecular weight is 398 g/mol. The molecule has 1 N–H and O–H groups in total. The number of piperazine rings is 1. The van der Waals surface area contributed by atoms with Crippen molar-refractivity contribution in [1.29, 1.82) is 0 Å². The highest BCUT2D eigenvalue weighted by molar-refractivity contribution is 5.89. The highest BCUT2D eigenvalue weighted by Gasteiger charge is 2.22. The molecule has 1 saturated heterocycles. The molecule has 0 atom stereocenters. The zero-order chi connectivity index (χ0) is 20.3. The van der Waals surface area contributed by atoms with E-state index in [4.69, 9.17) is 5.10 Å². The molecule has 150 valence electrons. The highest BCUT2D eigenvalue weighted by Crippen LogP contribution is 2.20. The summed E-state index contributed by atoms with van der Waals surface area (Å²) in [6, 6.07) is 23.6. The molecule has 2 aromatic heterocycles. The van der Waals surface area contributed by atoms with Gasteiger partial charge in [0.2, 0.25) is 0 Å². The van der Waals surface area contributed by atoms with E-state index >= 15 is 0 Å². The summed E-state index contributed by atoms with van der Waals surface area (Å²) in [5.41, 5.74) is 3.61. The Morgan fingerprint density at radius 2 is 1.53 bits per heavy atom. The number of urea groups is 1. The molecule has 0 unspecified atom stereocenters. The minimum Gasteiger partial charge on any atom is -0.352 e. The Labute approximate surface area is 174 Å². The molecule has 0 radical (unpaired) electrons. The third-order valence-corrected chi connectivity index (χ3v) is 5.29. The zero-order valence-corrected chi connectivity index (χ0v) is 16.5. The van der Waals surface area contributed by atoms with Crippen LogP contribution >= 0.6 is 0 Å². The number of para-hydroxylation sites is 1. The predicted molar refractivity (Wildman–Crippen MR) is 118 cm³/mol. The van der Waals surface area contributed by atoms with Crippen LogP contribution in [0.2, 0.25) is 0 Å². The van der Waals surface area contributed by atoms with Crippen LogP contribution in [-0.2, 0) is 0 Å². The number of carbonyl (C=O) groups excluding carboxylic acids is 1. The SMILES string of the molecule is O=C(Nc1ccccc1)N1CCN(c2ccc3nc(-c4ccccc4)cn3n2)CC1. The van der Waals surface area contributed by atoms with Crippen LogP contribution in [0.1, 0.15) is 0 Å². The number of amides is 2. The van der Waals surface area contributed by atoms with Crippen molar-refractivity contribution in [3.63, 3.8) is 0 Å². The number of fused-ring (bicyclic) bond motifs is 1. The molecule has 5 rings (SSSR count). The Bertz CT molecular complexity index is 1150. The minimum absolute atomic E-state index is 0.0635. The molecular weight excluding hydrogens is 376 g/mol. The number of nitrogens with one attached hydrogen (secondary N) is 1. The molecule has 0 bridgehead atoms. The fraction of sp³-hybridized carbons (Fsp3) is 0.174. The molecule has 3 heterocycles. The van der Waals surface area contributed by atoms with Crippen molar-refractivity contribution >= 4 is 23.2 Å². The van der Waals surface area contributed by atoms with Crippen LogP contribution in [0.25, 0.3) is 16.9 Å². The maximum Gasteiger partial charge on any atom is 0.321 e. The van der Waals surface area contributed by atoms with Crippen LogP contribution in [-0.4, -0.2) is 51.7 Å². The highest BCUT2D eigenvalue weighted by atomic mass is 16.2. The van der Waals surface area contributed by atoms with Gasteiger partial charge < -0.3 is 15.1 Å². The predicted octanol–water partition coefficient (Wildman–Crippen LogP) is 3.75. The Morgan fingerprint density at radius 1 is 0.833 bits per heavy atom. The number of hydrogen-bond donors (Lipinski definition) is 1. The molecule has 30 heavy (non-hydrogen) atoms. The number of imidazole rings is 1. The average Bonchev–Trinajstić information content (AvgIpc) is 3.24. The second-order valence-electron chi connectivity index (χ2n) is 7.26. The van der Waals surface area contributed by atoms with Gasteiger partial charge in [-0.1, -0.05) is 48.5 Å². The van der Waals surface area contributed by atoms with E-state index in [-0.39, 0.29) is 6.03 Å². The first kappa shape index (κ1) is 18.2. The monoisotopic (exact) mass is 398 g/mol. The molecule has 0 saturated carbocycles. The van der Waals surface area contributed by atoms with Crippen molar-refractivity contribution in [3.8, 4) is 11.3 Å². The van der Waals surface area contributed by atoms with Crippen molar-refractivity contribution in [2.75, 3.05) is 36.4 Å². The molecule has 1 aliphatic heterocycles. The van der Waals surface area contributed by atoms with Crippen LogP contribution in [0.4, 0.5) is 16.3 Å². The lowest BCUT2D eigenvalue weighted by atomic mass is 10.2. The molecule has 1 aliphatic rings. The van der Waals surface area contributed by atoms with Crippen LogP contribution in [0.3, 0.4) is 0 Å². The van der Waals surface area contributed by atoms with Gasteiger partial charge in [0.25, 0.3) is 0 Å². The van der Waals surface area contributed by atoms with Gasteiger partial charge in [0.15, 0.2) is 5.65 Å². The second-order valence-corrected chi connectivity index (χ2v) is 7.26. The van der Waals surface area contributed by atoms with Gasteiger partial charge in [0.1, 0.15) is 5.82 Å². The van der Waals surface area contributed by atoms with E-state index in [0.717, 1.165) is 41.5 Å². The first-order chi connectivity index (χ1) is 14.8. The summed E-state index contributed by atoms with van der Waals surface area (Å²) in [7, 11) is 0. The van der Waals surface area contributed by atoms with Crippen molar-refractivity contribution in [3.05, 3.63) is 79.0 Å². The van der Waals surface area contributed by atoms with E-state index in [0.29, 0.717) is 13.1 Å². The fourth-order valence-corrected chi connectivity index (χ4v) is 3.65. The number of aromatic nitrogens is 3. The van der Waals surface area contributed by atoms with Gasteiger partial charge in [-0.25, -0.2) is 14.3 Å². The summed E-state index contributed by atoms with van der Waals surface area (Å²) < 4.78 is 1.83. The Kier molecular flexibility index (Phi) is 4.77. The van der Waals surface area contributed by atoms with Crippen LogP contribution in [0, 0.1) is 0 Å². The summed E-state index contributed by atoms with van der Waals surface area (Å²) >= 11 is 0. The van der Waals surface area contributed by atoms with Gasteiger partial charge in [-0.3, -0.25) is 0 Å². The Morgan fingerprint density at radius 3 is 2.27 bits per heavy atom. The topological polar surface area (TPSA) is 65.8 Å². The van der Waals surface area contributed by atoms with Crippen LogP contribution < -0.4 is 10.2 Å². The van der Waals surface area contributed by atoms with E-state index in [9.17, 15) is 4.79 Å². The molecule has 2 aromatic carbocycles. The lowest BCUT2D eigenvalue weighted by molar-refractivity contribution is 0.208. The molecule has 7 heteroatoms. The van der Waals surface area contributed by atoms with E-state index in [2.05, 4.69) is 15.2 Å². The summed E-state index contributed by atoms with van der Waals surface area (Å²) in [5.74, 6) is 0.891. The summed E-state index contributed by atoms with van der Waals surface area (Å²) in [4.78, 5) is 21.2. The number of rotatable bonds is 3. The maximum absolute atomic E-state index is 12.5. The lowest BCUT2D eigenvalue weighted by Gasteiger charge is -2.35. The summed E-state index contributed by atoms with van der Waals surface area (Å²) in [5, 5.41) is 7.69. The quantitative estimate of drug-likeness (QED) is 0.571. The van der Waals surface area contributed by atoms with Crippen LogP contribution in [0.15, 0.2) is 79.0 Å². The number of nitrogens with zero attached hydrogens (tertiary/aromatic N) is 5. The normalized spacial score (nSPS) is 14.1. The van der Waals surface area contributed by atoms with Crippen molar-refractivity contribution in [2.24, 2.45) is 0 Å². The van der Waals surface area contributed by atoms with E-state index in [1.54, 1.807) is 0 Å². The van der Waals surface area contributed by atoms with Crippen molar-refractivity contribution < 1.29 is 4.79 Å². The third kappa shape index (κ3) is 3.69. The van der Waals surface area contributed by atoms with Crippen molar-refractivity contribution in [2.45, 2.75) is 0 Å². The first-order valence-corrected chi connectivity index (χ1v) is 10.0. The largest absolute Gasteiger partial charge is 0.352 e. The molecular formula is C23H22N6O. The number of hydrogen-bond acceptors (Lipinski definition) is 4. The Hall–Kier alpha value is -3.87. The lowest BCUT2D eigenvalue weighted by Crippen LogP contribution is -2.50. The molecule has 0 aliphatic carbocycles. The first-order valence-electron chi connectivity index (χ1n) is 10.0. The van der Waals surface area contributed by atoms with Gasteiger partial charge >= 0.3 is 6.03 Å². The molecule has 4 aromatic rings. The van der Waals surface area contributed by atoms with Crippen LogP contribution in [0.5, 0.6) is 0 Å². The second kappa shape index (κ2) is 7.87. The number of carbonyl (C=O) groups is 1.